The summed E-state index contributed by atoms with van der Waals surface area (Å²) in [6, 6.07) is 16.7. The number of unbranched alkanes of at least 4 members (excludes halogenated alkanes) is 11. The summed E-state index contributed by atoms with van der Waals surface area (Å²) in [4.78, 5) is 0. The molecule has 0 amide bonds. The summed E-state index contributed by atoms with van der Waals surface area (Å²) in [6.07, 6.45) is 19.3. The van der Waals surface area contributed by atoms with Gasteiger partial charge in [0.15, 0.2) is 0 Å². The lowest BCUT2D eigenvalue weighted by Gasteiger charge is -2.07. The second kappa shape index (κ2) is 26.5. The molecule has 6 nitrogen and oxygen atoms in total. The van der Waals surface area contributed by atoms with E-state index >= 15 is 0 Å². The van der Waals surface area contributed by atoms with Gasteiger partial charge in [-0.25, -0.2) is 0 Å². The first-order valence-corrected chi connectivity index (χ1v) is 17.4. The first-order chi connectivity index (χ1) is 20.8. The van der Waals surface area contributed by atoms with Crippen molar-refractivity contribution < 1.29 is 30.7 Å². The van der Waals surface area contributed by atoms with Crippen molar-refractivity contribution in [2.45, 2.75) is 103 Å². The molecule has 0 heterocycles. The van der Waals surface area contributed by atoms with Gasteiger partial charge in [-0.3, -0.25) is 0 Å². The highest BCUT2D eigenvalue weighted by Crippen LogP contribution is 2.16. The Balaban J connectivity index is 1.21. The lowest BCUT2D eigenvalue weighted by atomic mass is 10.1. The molecule has 6 heteroatoms. The van der Waals surface area contributed by atoms with Crippen molar-refractivity contribution in [2.75, 3.05) is 53.5 Å². The minimum atomic E-state index is 1.01. The molecule has 0 spiro atoms. The van der Waals surface area contributed by atoms with E-state index in [1.54, 1.807) is 14.2 Å². The number of quaternary nitrogens is 4. The molecule has 0 aliphatic carbocycles. The summed E-state index contributed by atoms with van der Waals surface area (Å²) in [6.45, 7) is 9.72. The van der Waals surface area contributed by atoms with Gasteiger partial charge in [-0.2, -0.15) is 0 Å². The molecule has 42 heavy (non-hydrogen) atoms. The third-order valence-electron chi connectivity index (χ3n) is 8.31. The van der Waals surface area contributed by atoms with Crippen molar-refractivity contribution in [1.29, 1.82) is 0 Å². The van der Waals surface area contributed by atoms with Crippen LogP contribution in [-0.2, 0) is 13.1 Å². The van der Waals surface area contributed by atoms with Crippen LogP contribution in [0.1, 0.15) is 101 Å². The topological polar surface area (TPSA) is 84.9 Å². The molecule has 0 bridgehead atoms. The van der Waals surface area contributed by atoms with Crippen LogP contribution in [0.5, 0.6) is 11.5 Å². The molecule has 0 atom stereocenters. The smallest absolute Gasteiger partial charge is 0.127 e. The predicted molar refractivity (Wildman–Crippen MR) is 175 cm³/mol. The van der Waals surface area contributed by atoms with Crippen LogP contribution in [-0.4, -0.2) is 53.5 Å². The Morgan fingerprint density at radius 1 is 0.381 bits per heavy atom. The zero-order valence-electron chi connectivity index (χ0n) is 27.3. The van der Waals surface area contributed by atoms with Crippen molar-refractivity contribution in [3.63, 3.8) is 0 Å². The molecule has 0 aliphatic rings. The Morgan fingerprint density at radius 2 is 0.667 bits per heavy atom. The van der Waals surface area contributed by atoms with Crippen molar-refractivity contribution in [3.8, 4) is 11.5 Å². The van der Waals surface area contributed by atoms with Gasteiger partial charge in [-0.1, -0.05) is 37.1 Å². The number of rotatable bonds is 29. The summed E-state index contributed by atoms with van der Waals surface area (Å²) < 4.78 is 10.9. The van der Waals surface area contributed by atoms with Crippen molar-refractivity contribution >= 4 is 0 Å². The van der Waals surface area contributed by atoms with Crippen LogP contribution in [0.3, 0.4) is 0 Å². The van der Waals surface area contributed by atoms with E-state index in [0.29, 0.717) is 0 Å². The Bertz CT molecular complexity index is 807. The second-order valence-corrected chi connectivity index (χ2v) is 11.9. The zero-order valence-corrected chi connectivity index (χ0v) is 27.3. The molecule has 0 aromatic heterocycles. The third-order valence-corrected chi connectivity index (χ3v) is 8.31. The summed E-state index contributed by atoms with van der Waals surface area (Å²) in [7, 11) is 3.52. The number of ether oxygens (including phenoxy) is 2. The lowest BCUT2D eigenvalue weighted by molar-refractivity contribution is -0.671. The van der Waals surface area contributed by atoms with E-state index in [2.05, 4.69) is 57.7 Å². The Morgan fingerprint density at radius 3 is 1.00 bits per heavy atom. The molecular formula is C36H66N4O2+4. The molecule has 8 N–H and O–H groups in total. The quantitative estimate of drug-likeness (QED) is 0.111. The zero-order chi connectivity index (χ0) is 29.8. The lowest BCUT2D eigenvalue weighted by Crippen LogP contribution is -2.84. The van der Waals surface area contributed by atoms with Crippen molar-refractivity contribution in [3.05, 3.63) is 59.7 Å². The maximum atomic E-state index is 5.44. The fourth-order valence-corrected chi connectivity index (χ4v) is 5.69. The SMILES string of the molecule is COc1ccccc1C[NH2+]CCCCCC[NH2+]CCCCCCCC[NH2+]CCCCCC[NH2+]Cc1ccccc1OC. The van der Waals surface area contributed by atoms with Crippen LogP contribution >= 0.6 is 0 Å². The van der Waals surface area contributed by atoms with Crippen LogP contribution in [0.25, 0.3) is 0 Å². The van der Waals surface area contributed by atoms with Gasteiger partial charge in [0.25, 0.3) is 0 Å². The van der Waals surface area contributed by atoms with E-state index in [1.807, 2.05) is 12.1 Å². The van der Waals surface area contributed by atoms with Gasteiger partial charge in [-0.15, -0.1) is 0 Å². The summed E-state index contributed by atoms with van der Waals surface area (Å²) >= 11 is 0. The molecule has 238 valence electrons. The average Bonchev–Trinajstić information content (AvgIpc) is 3.03. The highest BCUT2D eigenvalue weighted by Gasteiger charge is 2.04. The molecule has 0 saturated heterocycles. The molecule has 0 unspecified atom stereocenters. The molecule has 2 aromatic rings. The summed E-state index contributed by atoms with van der Waals surface area (Å²) in [5.41, 5.74) is 2.60. The molecule has 0 aliphatic heterocycles. The molecule has 2 rings (SSSR count). The number of hydrogen-bond acceptors (Lipinski definition) is 2. The van der Waals surface area contributed by atoms with Crippen molar-refractivity contribution in [2.24, 2.45) is 0 Å². The van der Waals surface area contributed by atoms with E-state index in [0.717, 1.165) is 24.6 Å². The predicted octanol–water partition coefficient (Wildman–Crippen LogP) is 3.12. The first kappa shape index (κ1) is 36.1. The van der Waals surface area contributed by atoms with Gasteiger partial charge >= 0.3 is 0 Å². The Labute approximate surface area is 258 Å². The van der Waals surface area contributed by atoms with Gasteiger partial charge in [0.2, 0.25) is 0 Å². The third kappa shape index (κ3) is 18.4. The maximum Gasteiger partial charge on any atom is 0.127 e. The van der Waals surface area contributed by atoms with Gasteiger partial charge in [0, 0.05) is 11.1 Å². The standard InChI is InChI=1S/C36H62N4O2/c1-41-35-23-13-11-21-33(35)31-39-29-19-9-7-17-27-37-25-15-5-3-4-6-16-26-38-28-18-8-10-20-30-40-32-34-22-12-14-24-36(34)42-2/h11-14,21-24,37-40H,3-10,15-20,25-32H2,1-2H3/p+4. The number of methoxy groups -OCH3 is 2. The fourth-order valence-electron chi connectivity index (χ4n) is 5.69. The fraction of sp³-hybridized carbons (Fsp3) is 0.667. The Hall–Kier alpha value is -2.12. The number of benzene rings is 2. The number of hydrogen-bond donors (Lipinski definition) is 4. The largest absolute Gasteiger partial charge is 0.496 e. The van der Waals surface area contributed by atoms with Crippen LogP contribution in [0, 0.1) is 0 Å². The molecule has 0 saturated carbocycles. The summed E-state index contributed by atoms with van der Waals surface area (Å²) in [5, 5.41) is 9.92. The molecule has 0 fully saturated rings. The van der Waals surface area contributed by atoms with Crippen LogP contribution < -0.4 is 30.7 Å². The molecule has 2 aromatic carbocycles. The molecule has 0 radical (unpaired) electrons. The molecular weight excluding hydrogens is 520 g/mol. The van der Waals surface area contributed by atoms with Crippen LogP contribution in [0.2, 0.25) is 0 Å². The normalized spacial score (nSPS) is 11.2. The van der Waals surface area contributed by atoms with Crippen LogP contribution in [0.4, 0.5) is 0 Å². The van der Waals surface area contributed by atoms with Gasteiger partial charge < -0.3 is 30.7 Å². The highest BCUT2D eigenvalue weighted by atomic mass is 16.5. The maximum absolute atomic E-state index is 5.44. The minimum Gasteiger partial charge on any atom is -0.496 e. The first-order valence-electron chi connectivity index (χ1n) is 17.4. The number of para-hydroxylation sites is 2. The highest BCUT2D eigenvalue weighted by molar-refractivity contribution is 5.32. The van der Waals surface area contributed by atoms with E-state index in [-0.39, 0.29) is 0 Å². The van der Waals surface area contributed by atoms with E-state index < -0.39 is 0 Å². The second-order valence-electron chi connectivity index (χ2n) is 11.9. The minimum absolute atomic E-state index is 1.01. The van der Waals surface area contributed by atoms with Gasteiger partial charge in [-0.05, 0) is 101 Å². The van der Waals surface area contributed by atoms with Gasteiger partial charge in [0.1, 0.15) is 24.6 Å². The average molecular weight is 587 g/mol. The van der Waals surface area contributed by atoms with E-state index in [4.69, 9.17) is 9.47 Å². The monoisotopic (exact) mass is 587 g/mol. The van der Waals surface area contributed by atoms with E-state index in [1.165, 1.54) is 140 Å². The Kier molecular flexibility index (Phi) is 22.8. The van der Waals surface area contributed by atoms with Gasteiger partial charge in [0.05, 0.1) is 53.5 Å². The van der Waals surface area contributed by atoms with Crippen LogP contribution in [0.15, 0.2) is 48.5 Å². The summed E-state index contributed by atoms with van der Waals surface area (Å²) in [5.74, 6) is 2.02. The van der Waals surface area contributed by atoms with Crippen molar-refractivity contribution in [1.82, 2.24) is 0 Å². The van der Waals surface area contributed by atoms with E-state index in [9.17, 15) is 0 Å². The number of nitrogens with two attached hydrogens (primary N) is 4.